The summed E-state index contributed by atoms with van der Waals surface area (Å²) in [4.78, 5) is 4.23. The van der Waals surface area contributed by atoms with Crippen molar-refractivity contribution in [2.24, 2.45) is 0 Å². The van der Waals surface area contributed by atoms with Crippen LogP contribution in [0, 0.1) is 0 Å². The quantitative estimate of drug-likeness (QED) is 0.815. The van der Waals surface area contributed by atoms with E-state index in [0.29, 0.717) is 18.2 Å². The minimum absolute atomic E-state index is 0.0589. The van der Waals surface area contributed by atoms with Crippen molar-refractivity contribution >= 4 is 11.6 Å². The number of likely N-dealkylation sites (N-methyl/N-ethyl adjacent to an activating group) is 1. The van der Waals surface area contributed by atoms with Crippen LogP contribution in [-0.4, -0.2) is 25.2 Å². The summed E-state index contributed by atoms with van der Waals surface area (Å²) in [5, 5.41) is 3.79. The van der Waals surface area contributed by atoms with Crippen LogP contribution in [0.15, 0.2) is 18.3 Å². The zero-order valence-electron chi connectivity index (χ0n) is 8.46. The highest BCUT2D eigenvalue weighted by molar-refractivity contribution is 6.31. The van der Waals surface area contributed by atoms with E-state index in [-0.39, 0.29) is 6.04 Å². The van der Waals surface area contributed by atoms with E-state index in [1.54, 1.807) is 6.20 Å². The second-order valence-corrected chi connectivity index (χ2v) is 3.28. The third-order valence-corrected chi connectivity index (χ3v) is 2.27. The summed E-state index contributed by atoms with van der Waals surface area (Å²) in [6.45, 7) is 3.25. The Labute approximate surface area is 89.4 Å². The van der Waals surface area contributed by atoms with Gasteiger partial charge < -0.3 is 10.1 Å². The van der Waals surface area contributed by atoms with Gasteiger partial charge in [0.1, 0.15) is 0 Å². The van der Waals surface area contributed by atoms with Crippen LogP contribution in [0.2, 0.25) is 5.02 Å². The fourth-order valence-corrected chi connectivity index (χ4v) is 1.44. The van der Waals surface area contributed by atoms with E-state index in [4.69, 9.17) is 16.3 Å². The molecule has 4 heteroatoms. The van der Waals surface area contributed by atoms with Crippen LogP contribution >= 0.6 is 11.6 Å². The molecular weight excluding hydrogens is 200 g/mol. The molecule has 0 aromatic carbocycles. The second kappa shape index (κ2) is 5.96. The molecule has 0 aliphatic carbocycles. The van der Waals surface area contributed by atoms with Gasteiger partial charge in [-0.1, -0.05) is 11.6 Å². The molecule has 0 saturated heterocycles. The van der Waals surface area contributed by atoms with E-state index >= 15 is 0 Å². The van der Waals surface area contributed by atoms with Crippen molar-refractivity contribution < 1.29 is 4.74 Å². The number of rotatable bonds is 5. The second-order valence-electron chi connectivity index (χ2n) is 2.87. The first-order chi connectivity index (χ1) is 6.79. The van der Waals surface area contributed by atoms with Crippen molar-refractivity contribution in [1.29, 1.82) is 0 Å². The first-order valence-corrected chi connectivity index (χ1v) is 5.02. The first-order valence-electron chi connectivity index (χ1n) is 4.65. The van der Waals surface area contributed by atoms with Gasteiger partial charge in [0.2, 0.25) is 0 Å². The largest absolute Gasteiger partial charge is 0.380 e. The molecule has 1 aromatic heterocycles. The van der Waals surface area contributed by atoms with Gasteiger partial charge in [-0.15, -0.1) is 0 Å². The van der Waals surface area contributed by atoms with E-state index in [1.165, 1.54) is 0 Å². The van der Waals surface area contributed by atoms with Crippen molar-refractivity contribution in [2.75, 3.05) is 20.3 Å². The Hall–Kier alpha value is -0.640. The minimum Gasteiger partial charge on any atom is -0.380 e. The maximum absolute atomic E-state index is 6.02. The average molecular weight is 215 g/mol. The van der Waals surface area contributed by atoms with Crippen molar-refractivity contribution in [3.8, 4) is 0 Å². The fourth-order valence-electron chi connectivity index (χ4n) is 1.19. The van der Waals surface area contributed by atoms with E-state index in [9.17, 15) is 0 Å². The molecule has 0 bridgehead atoms. The number of nitrogens with zero attached hydrogens (tertiary/aromatic N) is 1. The Morgan fingerprint density at radius 2 is 2.43 bits per heavy atom. The normalized spacial score (nSPS) is 12.8. The standard InChI is InChI=1S/C10H15ClN2O/c1-3-14-7-9(12-2)10-8(11)5-4-6-13-10/h4-6,9,12H,3,7H2,1-2H3. The molecule has 0 saturated carbocycles. The van der Waals surface area contributed by atoms with Gasteiger partial charge in [-0.2, -0.15) is 0 Å². The first kappa shape index (κ1) is 11.4. The average Bonchev–Trinajstić information content (AvgIpc) is 2.21. The summed E-state index contributed by atoms with van der Waals surface area (Å²) in [5.74, 6) is 0. The number of hydrogen-bond donors (Lipinski definition) is 1. The van der Waals surface area contributed by atoms with Crippen molar-refractivity contribution in [3.63, 3.8) is 0 Å². The molecule has 14 heavy (non-hydrogen) atoms. The van der Waals surface area contributed by atoms with Crippen molar-refractivity contribution in [3.05, 3.63) is 29.0 Å². The Kier molecular flexibility index (Phi) is 4.87. The molecule has 1 heterocycles. The number of nitrogens with one attached hydrogen (secondary N) is 1. The molecule has 0 aliphatic heterocycles. The Morgan fingerprint density at radius 1 is 1.64 bits per heavy atom. The number of aromatic nitrogens is 1. The number of halogens is 1. The molecule has 1 rings (SSSR count). The molecule has 3 nitrogen and oxygen atoms in total. The molecule has 0 radical (unpaired) electrons. The van der Waals surface area contributed by atoms with Crippen LogP contribution in [0.3, 0.4) is 0 Å². The summed E-state index contributed by atoms with van der Waals surface area (Å²) in [7, 11) is 1.87. The molecule has 78 valence electrons. The van der Waals surface area contributed by atoms with Crippen LogP contribution in [0.4, 0.5) is 0 Å². The van der Waals surface area contributed by atoms with E-state index < -0.39 is 0 Å². The topological polar surface area (TPSA) is 34.1 Å². The van der Waals surface area contributed by atoms with Crippen LogP contribution in [-0.2, 0) is 4.74 Å². The van der Waals surface area contributed by atoms with Crippen LogP contribution in [0.25, 0.3) is 0 Å². The van der Waals surface area contributed by atoms with Crippen molar-refractivity contribution in [1.82, 2.24) is 10.3 Å². The Morgan fingerprint density at radius 3 is 3.00 bits per heavy atom. The molecule has 0 fully saturated rings. The predicted molar refractivity (Wildman–Crippen MR) is 57.5 cm³/mol. The lowest BCUT2D eigenvalue weighted by Gasteiger charge is -2.16. The van der Waals surface area contributed by atoms with E-state index in [0.717, 1.165) is 5.69 Å². The lowest BCUT2D eigenvalue weighted by Crippen LogP contribution is -2.23. The highest BCUT2D eigenvalue weighted by Gasteiger charge is 2.13. The van der Waals surface area contributed by atoms with Gasteiger partial charge >= 0.3 is 0 Å². The summed E-state index contributed by atoms with van der Waals surface area (Å²) in [5.41, 5.74) is 0.838. The van der Waals surface area contributed by atoms with Gasteiger partial charge in [-0.3, -0.25) is 4.98 Å². The summed E-state index contributed by atoms with van der Waals surface area (Å²) in [6.07, 6.45) is 1.73. The van der Waals surface area contributed by atoms with Gasteiger partial charge in [-0.25, -0.2) is 0 Å². The molecule has 0 spiro atoms. The fraction of sp³-hybridized carbons (Fsp3) is 0.500. The molecular formula is C10H15ClN2O. The predicted octanol–water partition coefficient (Wildman–Crippen LogP) is 2.03. The zero-order chi connectivity index (χ0) is 10.4. The van der Waals surface area contributed by atoms with Gasteiger partial charge in [0.25, 0.3) is 0 Å². The summed E-state index contributed by atoms with van der Waals surface area (Å²) < 4.78 is 5.33. The van der Waals surface area contributed by atoms with Crippen LogP contribution in [0.1, 0.15) is 18.7 Å². The monoisotopic (exact) mass is 214 g/mol. The van der Waals surface area contributed by atoms with Crippen molar-refractivity contribution in [2.45, 2.75) is 13.0 Å². The Bertz CT molecular complexity index is 281. The third kappa shape index (κ3) is 2.94. The molecule has 1 atom stereocenters. The number of hydrogen-bond acceptors (Lipinski definition) is 3. The van der Waals surface area contributed by atoms with Crippen LogP contribution < -0.4 is 5.32 Å². The molecule has 0 aliphatic rings. The zero-order valence-corrected chi connectivity index (χ0v) is 9.21. The SMILES string of the molecule is CCOCC(NC)c1ncccc1Cl. The molecule has 1 unspecified atom stereocenters. The molecule has 0 amide bonds. The lowest BCUT2D eigenvalue weighted by atomic mass is 10.2. The lowest BCUT2D eigenvalue weighted by molar-refractivity contribution is 0.124. The summed E-state index contributed by atoms with van der Waals surface area (Å²) in [6, 6.07) is 3.71. The smallest absolute Gasteiger partial charge is 0.0782 e. The van der Waals surface area contributed by atoms with Crippen LogP contribution in [0.5, 0.6) is 0 Å². The van der Waals surface area contributed by atoms with E-state index in [2.05, 4.69) is 10.3 Å². The Balaban J connectivity index is 2.73. The molecule has 1 N–H and O–H groups in total. The number of ether oxygens (including phenoxy) is 1. The highest BCUT2D eigenvalue weighted by atomic mass is 35.5. The maximum Gasteiger partial charge on any atom is 0.0782 e. The number of pyridine rings is 1. The summed E-state index contributed by atoms with van der Waals surface area (Å²) >= 11 is 6.02. The van der Waals surface area contributed by atoms with E-state index in [1.807, 2.05) is 26.1 Å². The molecule has 1 aromatic rings. The van der Waals surface area contributed by atoms with Gasteiger partial charge in [0.15, 0.2) is 0 Å². The third-order valence-electron chi connectivity index (χ3n) is 1.95. The highest BCUT2D eigenvalue weighted by Crippen LogP contribution is 2.19. The minimum atomic E-state index is 0.0589. The van der Waals surface area contributed by atoms with Gasteiger partial charge in [-0.05, 0) is 26.1 Å². The van der Waals surface area contributed by atoms with Gasteiger partial charge in [0.05, 0.1) is 23.4 Å². The van der Waals surface area contributed by atoms with Gasteiger partial charge in [0, 0.05) is 12.8 Å². The maximum atomic E-state index is 6.02.